The molecule has 0 amide bonds. The number of hydrogen-bond donors (Lipinski definition) is 1. The molecule has 6 nitrogen and oxygen atoms in total. The Morgan fingerprint density at radius 2 is 2.04 bits per heavy atom. The maximum atomic E-state index is 5.42. The van der Waals surface area contributed by atoms with Crippen molar-refractivity contribution < 1.29 is 4.74 Å². The first kappa shape index (κ1) is 16.6. The van der Waals surface area contributed by atoms with Gasteiger partial charge in [-0.15, -0.1) is 0 Å². The highest BCUT2D eigenvalue weighted by Gasteiger charge is 2.24. The van der Waals surface area contributed by atoms with E-state index in [-0.39, 0.29) is 5.92 Å². The third kappa shape index (κ3) is 3.33. The van der Waals surface area contributed by atoms with Gasteiger partial charge in [0.05, 0.1) is 24.6 Å². The molecule has 128 valence electrons. The molecule has 24 heavy (non-hydrogen) atoms. The molecular weight excluding hydrogens is 302 g/mol. The summed E-state index contributed by atoms with van der Waals surface area (Å²) in [5.74, 6) is 1.06. The van der Waals surface area contributed by atoms with Crippen molar-refractivity contribution in [1.29, 1.82) is 0 Å². The number of hydrogen-bond acceptors (Lipinski definition) is 6. The van der Waals surface area contributed by atoms with Crippen LogP contribution in [0.15, 0.2) is 50.7 Å². The third-order valence-electron chi connectivity index (χ3n) is 4.53. The molecule has 6 heteroatoms. The maximum Gasteiger partial charge on any atom is 0.153 e. The lowest BCUT2D eigenvalue weighted by atomic mass is 9.93. The SMILES string of the molecule is C/N=C1/C=C(C2C=CC(N3CCOCC3)=CC2)N=C(NC)/C1=N/C. The average molecular weight is 327 g/mol. The minimum Gasteiger partial charge on any atom is -0.378 e. The summed E-state index contributed by atoms with van der Waals surface area (Å²) in [5.41, 5.74) is 4.01. The number of ether oxygens (including phenoxy) is 1. The van der Waals surface area contributed by atoms with Crippen molar-refractivity contribution in [3.63, 3.8) is 0 Å². The lowest BCUT2D eigenvalue weighted by molar-refractivity contribution is 0.0550. The fourth-order valence-corrected chi connectivity index (χ4v) is 3.18. The number of morpholine rings is 1. The summed E-state index contributed by atoms with van der Waals surface area (Å²) in [6.45, 7) is 3.55. The van der Waals surface area contributed by atoms with Gasteiger partial charge in [-0.3, -0.25) is 9.98 Å². The summed E-state index contributed by atoms with van der Waals surface area (Å²) in [6.07, 6.45) is 9.75. The van der Waals surface area contributed by atoms with Crippen LogP contribution in [-0.2, 0) is 4.74 Å². The van der Waals surface area contributed by atoms with Crippen molar-refractivity contribution >= 4 is 17.3 Å². The summed E-state index contributed by atoms with van der Waals surface area (Å²) in [5, 5.41) is 3.13. The van der Waals surface area contributed by atoms with E-state index in [9.17, 15) is 0 Å². The Morgan fingerprint density at radius 3 is 2.62 bits per heavy atom. The smallest absolute Gasteiger partial charge is 0.153 e. The van der Waals surface area contributed by atoms with Crippen molar-refractivity contribution in [2.75, 3.05) is 47.4 Å². The predicted molar refractivity (Wildman–Crippen MR) is 99.0 cm³/mol. The molecule has 0 bridgehead atoms. The standard InChI is InChI=1S/C18H25N5O/c1-19-16-12-15(22-18(21-3)17(16)20-2)13-4-6-14(7-5-13)23-8-10-24-11-9-23/h4,6-7,12-13H,5,8-11H2,1-3H3,(H,21,22)/b19-16-,20-17+. The highest BCUT2D eigenvalue weighted by molar-refractivity contribution is 6.71. The Labute approximate surface area is 143 Å². The Kier molecular flexibility index (Phi) is 5.25. The molecule has 3 rings (SSSR count). The number of allylic oxidation sites excluding steroid dienone is 4. The summed E-state index contributed by atoms with van der Waals surface area (Å²) in [7, 11) is 5.43. The van der Waals surface area contributed by atoms with Crippen LogP contribution in [0.2, 0.25) is 0 Å². The molecule has 0 aromatic rings. The summed E-state index contributed by atoms with van der Waals surface area (Å²) in [6, 6.07) is 0. The number of nitrogens with zero attached hydrogens (tertiary/aromatic N) is 4. The summed E-state index contributed by atoms with van der Waals surface area (Å²) < 4.78 is 5.42. The zero-order valence-electron chi connectivity index (χ0n) is 14.6. The van der Waals surface area contributed by atoms with Gasteiger partial charge in [-0.05, 0) is 18.6 Å². The quantitative estimate of drug-likeness (QED) is 0.835. The molecule has 1 N–H and O–H groups in total. The Bertz CT molecular complexity index is 663. The van der Waals surface area contributed by atoms with Gasteiger partial charge in [-0.1, -0.05) is 12.2 Å². The van der Waals surface area contributed by atoms with E-state index in [1.54, 1.807) is 14.1 Å². The monoisotopic (exact) mass is 327 g/mol. The molecule has 0 radical (unpaired) electrons. The van der Waals surface area contributed by atoms with Gasteiger partial charge in [-0.2, -0.15) is 0 Å². The van der Waals surface area contributed by atoms with E-state index in [4.69, 9.17) is 9.73 Å². The van der Waals surface area contributed by atoms with Gasteiger partial charge in [-0.25, -0.2) is 4.99 Å². The topological polar surface area (TPSA) is 61.6 Å². The Morgan fingerprint density at radius 1 is 1.25 bits per heavy atom. The molecule has 2 aliphatic heterocycles. The summed E-state index contributed by atoms with van der Waals surface area (Å²) >= 11 is 0. The van der Waals surface area contributed by atoms with Crippen LogP contribution >= 0.6 is 0 Å². The van der Waals surface area contributed by atoms with Gasteiger partial charge in [0, 0.05) is 45.8 Å². The van der Waals surface area contributed by atoms with Crippen LogP contribution in [-0.4, -0.2) is 69.6 Å². The summed E-state index contributed by atoms with van der Waals surface area (Å²) in [4.78, 5) is 15.8. The molecule has 1 aliphatic carbocycles. The number of amidine groups is 1. The molecule has 3 aliphatic rings. The maximum absolute atomic E-state index is 5.42. The molecule has 0 spiro atoms. The van der Waals surface area contributed by atoms with Gasteiger partial charge in [0.1, 0.15) is 5.71 Å². The van der Waals surface area contributed by atoms with Crippen LogP contribution in [0.3, 0.4) is 0 Å². The van der Waals surface area contributed by atoms with Crippen LogP contribution in [0.5, 0.6) is 0 Å². The second-order valence-corrected chi connectivity index (χ2v) is 5.89. The fraction of sp³-hybridized carbons (Fsp3) is 0.500. The normalized spacial score (nSPS) is 27.9. The van der Waals surface area contributed by atoms with Gasteiger partial charge in [0.15, 0.2) is 5.84 Å². The molecule has 2 heterocycles. The van der Waals surface area contributed by atoms with E-state index in [2.05, 4.69) is 38.4 Å². The van der Waals surface area contributed by atoms with E-state index < -0.39 is 0 Å². The van der Waals surface area contributed by atoms with E-state index in [0.29, 0.717) is 0 Å². The molecule has 0 aromatic heterocycles. The number of nitrogens with one attached hydrogen (secondary N) is 1. The van der Waals surface area contributed by atoms with E-state index in [1.165, 1.54) is 5.70 Å². The second-order valence-electron chi connectivity index (χ2n) is 5.89. The zero-order chi connectivity index (χ0) is 16.9. The van der Waals surface area contributed by atoms with Crippen LogP contribution in [0.25, 0.3) is 0 Å². The lowest BCUT2D eigenvalue weighted by Crippen LogP contribution is -2.37. The largest absolute Gasteiger partial charge is 0.378 e. The van der Waals surface area contributed by atoms with Gasteiger partial charge < -0.3 is 15.0 Å². The van der Waals surface area contributed by atoms with E-state index in [1.807, 2.05) is 13.1 Å². The van der Waals surface area contributed by atoms with Gasteiger partial charge >= 0.3 is 0 Å². The van der Waals surface area contributed by atoms with E-state index in [0.717, 1.165) is 55.7 Å². The first-order valence-corrected chi connectivity index (χ1v) is 8.40. The molecule has 1 unspecified atom stereocenters. The fourth-order valence-electron chi connectivity index (χ4n) is 3.18. The highest BCUT2D eigenvalue weighted by atomic mass is 16.5. The first-order chi connectivity index (χ1) is 11.8. The Hall–Kier alpha value is -2.21. The highest BCUT2D eigenvalue weighted by Crippen LogP contribution is 2.27. The molecule has 1 fully saturated rings. The van der Waals surface area contributed by atoms with Crippen LogP contribution < -0.4 is 5.32 Å². The van der Waals surface area contributed by atoms with Crippen molar-refractivity contribution in [3.05, 3.63) is 35.7 Å². The van der Waals surface area contributed by atoms with Crippen molar-refractivity contribution in [3.8, 4) is 0 Å². The minimum atomic E-state index is 0.272. The van der Waals surface area contributed by atoms with Gasteiger partial charge in [0.25, 0.3) is 0 Å². The molecule has 0 aromatic carbocycles. The lowest BCUT2D eigenvalue weighted by Gasteiger charge is -2.32. The molecule has 0 saturated carbocycles. The number of aliphatic imine (C=N–C) groups is 3. The van der Waals surface area contributed by atoms with Gasteiger partial charge in [0.2, 0.25) is 0 Å². The predicted octanol–water partition coefficient (Wildman–Crippen LogP) is 1.44. The van der Waals surface area contributed by atoms with E-state index >= 15 is 0 Å². The zero-order valence-corrected chi connectivity index (χ0v) is 14.6. The second kappa shape index (κ2) is 7.57. The first-order valence-electron chi connectivity index (χ1n) is 8.40. The van der Waals surface area contributed by atoms with Crippen LogP contribution in [0, 0.1) is 5.92 Å². The third-order valence-corrected chi connectivity index (χ3v) is 4.53. The molecule has 1 saturated heterocycles. The Balaban J connectivity index is 1.76. The van der Waals surface area contributed by atoms with Crippen molar-refractivity contribution in [2.24, 2.45) is 20.9 Å². The average Bonchev–Trinajstić information content (AvgIpc) is 2.67. The minimum absolute atomic E-state index is 0.272. The van der Waals surface area contributed by atoms with Crippen molar-refractivity contribution in [1.82, 2.24) is 10.2 Å². The van der Waals surface area contributed by atoms with Crippen LogP contribution in [0.4, 0.5) is 0 Å². The number of rotatable bonds is 2. The van der Waals surface area contributed by atoms with Crippen LogP contribution in [0.1, 0.15) is 6.42 Å². The molecule has 1 atom stereocenters. The molecular formula is C18H25N5O. The van der Waals surface area contributed by atoms with Crippen molar-refractivity contribution in [2.45, 2.75) is 6.42 Å².